The maximum atomic E-state index is 13.1. The van der Waals surface area contributed by atoms with Crippen LogP contribution in [0.2, 0.25) is 0 Å². The van der Waals surface area contributed by atoms with Crippen LogP contribution in [-0.2, 0) is 0 Å². The summed E-state index contributed by atoms with van der Waals surface area (Å²) in [5, 5.41) is 8.04. The van der Waals surface area contributed by atoms with E-state index in [1.54, 1.807) is 17.0 Å². The smallest absolute Gasteiger partial charge is 0.257 e. The number of hydrogen-bond acceptors (Lipinski definition) is 5. The summed E-state index contributed by atoms with van der Waals surface area (Å²) in [7, 11) is 0. The van der Waals surface area contributed by atoms with Crippen LogP contribution in [0.25, 0.3) is 0 Å². The number of benzene rings is 2. The van der Waals surface area contributed by atoms with E-state index in [9.17, 15) is 4.79 Å². The molecule has 0 aliphatic carbocycles. The summed E-state index contributed by atoms with van der Waals surface area (Å²) >= 11 is 0. The molecule has 0 saturated carbocycles. The van der Waals surface area contributed by atoms with Crippen LogP contribution in [0.1, 0.15) is 22.5 Å². The van der Waals surface area contributed by atoms with E-state index in [0.29, 0.717) is 36.0 Å². The molecular weight excluding hydrogens is 354 g/mol. The number of carbonyl (C=O) groups excluding carboxylic acids is 1. The topological polar surface area (TPSA) is 64.5 Å². The third-order valence-corrected chi connectivity index (χ3v) is 4.58. The van der Waals surface area contributed by atoms with Crippen molar-refractivity contribution in [1.29, 1.82) is 0 Å². The second kappa shape index (κ2) is 8.08. The van der Waals surface area contributed by atoms with Gasteiger partial charge in [-0.1, -0.05) is 30.3 Å². The van der Waals surface area contributed by atoms with E-state index in [-0.39, 0.29) is 12.0 Å². The molecule has 1 fully saturated rings. The van der Waals surface area contributed by atoms with Crippen molar-refractivity contribution in [2.24, 2.45) is 0 Å². The lowest BCUT2D eigenvalue weighted by Gasteiger charge is -2.19. The Morgan fingerprint density at radius 1 is 1.00 bits per heavy atom. The Balaban J connectivity index is 1.44. The molecule has 142 valence electrons. The van der Waals surface area contributed by atoms with Gasteiger partial charge in [-0.15, -0.1) is 5.10 Å². The highest BCUT2D eigenvalue weighted by atomic mass is 16.5. The molecule has 0 N–H and O–H groups in total. The van der Waals surface area contributed by atoms with Crippen LogP contribution in [0.3, 0.4) is 0 Å². The number of likely N-dealkylation sites (tertiary alicyclic amines) is 1. The van der Waals surface area contributed by atoms with Gasteiger partial charge in [-0.05, 0) is 37.3 Å². The van der Waals surface area contributed by atoms with Crippen LogP contribution in [0.5, 0.6) is 17.4 Å². The Hall–Kier alpha value is -3.41. The van der Waals surface area contributed by atoms with Gasteiger partial charge in [-0.2, -0.15) is 5.10 Å². The number of nitrogens with zero attached hydrogens (tertiary/aromatic N) is 3. The number of amides is 1. The second-order valence-electron chi connectivity index (χ2n) is 6.70. The molecule has 1 unspecified atom stereocenters. The molecule has 6 nitrogen and oxygen atoms in total. The van der Waals surface area contributed by atoms with Gasteiger partial charge in [0.1, 0.15) is 17.6 Å². The van der Waals surface area contributed by atoms with Crippen molar-refractivity contribution >= 4 is 5.91 Å². The highest BCUT2D eigenvalue weighted by molar-refractivity contribution is 5.97. The summed E-state index contributed by atoms with van der Waals surface area (Å²) in [6.45, 7) is 3.01. The van der Waals surface area contributed by atoms with Crippen LogP contribution in [0.4, 0.5) is 0 Å². The number of carbonyl (C=O) groups is 1. The number of hydrogen-bond donors (Lipinski definition) is 0. The number of aryl methyl sites for hydroxylation is 1. The van der Waals surface area contributed by atoms with E-state index in [4.69, 9.17) is 9.47 Å². The molecule has 1 saturated heterocycles. The monoisotopic (exact) mass is 375 g/mol. The number of aromatic nitrogens is 2. The summed E-state index contributed by atoms with van der Waals surface area (Å²) < 4.78 is 11.8. The fourth-order valence-electron chi connectivity index (χ4n) is 3.15. The molecule has 6 heteroatoms. The minimum atomic E-state index is -0.0943. The summed E-state index contributed by atoms with van der Waals surface area (Å²) in [5.74, 6) is 1.67. The van der Waals surface area contributed by atoms with Gasteiger partial charge in [0.15, 0.2) is 0 Å². The van der Waals surface area contributed by atoms with Crippen molar-refractivity contribution in [2.75, 3.05) is 13.1 Å². The predicted octanol–water partition coefficient (Wildman–Crippen LogP) is 3.87. The summed E-state index contributed by atoms with van der Waals surface area (Å²) in [5.41, 5.74) is 1.38. The Morgan fingerprint density at radius 3 is 2.57 bits per heavy atom. The summed E-state index contributed by atoms with van der Waals surface area (Å²) in [6.07, 6.45) is 0.659. The molecule has 1 aliphatic rings. The van der Waals surface area contributed by atoms with Gasteiger partial charge in [-0.3, -0.25) is 4.79 Å². The van der Waals surface area contributed by atoms with Gasteiger partial charge in [0.2, 0.25) is 5.88 Å². The van der Waals surface area contributed by atoms with Crippen LogP contribution in [-0.4, -0.2) is 40.2 Å². The lowest BCUT2D eigenvalue weighted by atomic mass is 10.1. The molecule has 0 radical (unpaired) electrons. The van der Waals surface area contributed by atoms with E-state index in [2.05, 4.69) is 10.2 Å². The molecule has 4 rings (SSSR count). The highest BCUT2D eigenvalue weighted by Gasteiger charge is 2.30. The molecule has 2 aromatic carbocycles. The minimum Gasteiger partial charge on any atom is -0.471 e. The fourth-order valence-corrected chi connectivity index (χ4v) is 3.15. The zero-order valence-electron chi connectivity index (χ0n) is 15.6. The molecular formula is C22H21N3O3. The zero-order chi connectivity index (χ0) is 19.3. The second-order valence-corrected chi connectivity index (χ2v) is 6.70. The minimum absolute atomic E-state index is 0.0624. The van der Waals surface area contributed by atoms with Crippen molar-refractivity contribution in [3.63, 3.8) is 0 Å². The standard InChI is InChI=1S/C22H21N3O3/c1-16-11-12-21(24-23-16)28-18-13-14-25(15-18)22(26)19-9-5-6-10-20(19)27-17-7-3-2-4-8-17/h2-12,18H,13-15H2,1H3. The first-order valence-electron chi connectivity index (χ1n) is 9.27. The lowest BCUT2D eigenvalue weighted by molar-refractivity contribution is 0.0768. The first kappa shape index (κ1) is 18.0. The Kier molecular flexibility index (Phi) is 5.19. The first-order chi connectivity index (χ1) is 13.7. The third-order valence-electron chi connectivity index (χ3n) is 4.58. The van der Waals surface area contributed by atoms with Gasteiger partial charge in [0.05, 0.1) is 17.8 Å². The lowest BCUT2D eigenvalue weighted by Crippen LogP contribution is -2.31. The average Bonchev–Trinajstić information content (AvgIpc) is 3.19. The molecule has 0 bridgehead atoms. The van der Waals surface area contributed by atoms with Crippen LogP contribution < -0.4 is 9.47 Å². The highest BCUT2D eigenvalue weighted by Crippen LogP contribution is 2.27. The maximum Gasteiger partial charge on any atom is 0.257 e. The van der Waals surface area contributed by atoms with E-state index in [1.165, 1.54) is 0 Å². The Morgan fingerprint density at radius 2 is 1.79 bits per heavy atom. The first-order valence-corrected chi connectivity index (χ1v) is 9.27. The Labute approximate surface area is 163 Å². The zero-order valence-corrected chi connectivity index (χ0v) is 15.6. The van der Waals surface area contributed by atoms with Gasteiger partial charge < -0.3 is 14.4 Å². The average molecular weight is 375 g/mol. The van der Waals surface area contributed by atoms with Crippen molar-refractivity contribution in [2.45, 2.75) is 19.4 Å². The molecule has 28 heavy (non-hydrogen) atoms. The van der Waals surface area contributed by atoms with Gasteiger partial charge in [0, 0.05) is 19.0 Å². The number of ether oxygens (including phenoxy) is 2. The number of para-hydroxylation sites is 2. The normalized spacial score (nSPS) is 16.0. The van der Waals surface area contributed by atoms with Crippen LogP contribution in [0.15, 0.2) is 66.7 Å². The Bertz CT molecular complexity index is 945. The molecule has 1 aromatic heterocycles. The largest absolute Gasteiger partial charge is 0.471 e. The van der Waals surface area contributed by atoms with Crippen molar-refractivity contribution in [3.05, 3.63) is 78.0 Å². The van der Waals surface area contributed by atoms with E-state index in [0.717, 1.165) is 12.1 Å². The van der Waals surface area contributed by atoms with Crippen LogP contribution >= 0.6 is 0 Å². The maximum absolute atomic E-state index is 13.1. The molecule has 0 spiro atoms. The van der Waals surface area contributed by atoms with E-state index in [1.807, 2.05) is 61.5 Å². The summed E-state index contributed by atoms with van der Waals surface area (Å²) in [6, 6.07) is 20.4. The van der Waals surface area contributed by atoms with E-state index >= 15 is 0 Å². The third kappa shape index (κ3) is 4.11. The number of rotatable bonds is 5. The molecule has 1 atom stereocenters. The van der Waals surface area contributed by atoms with Crippen molar-refractivity contribution in [1.82, 2.24) is 15.1 Å². The molecule has 1 aliphatic heterocycles. The summed E-state index contributed by atoms with van der Waals surface area (Å²) in [4.78, 5) is 14.9. The predicted molar refractivity (Wildman–Crippen MR) is 105 cm³/mol. The fraction of sp³-hybridized carbons (Fsp3) is 0.227. The molecule has 1 amide bonds. The van der Waals surface area contributed by atoms with Crippen LogP contribution in [0, 0.1) is 6.92 Å². The quantitative estimate of drug-likeness (QED) is 0.677. The van der Waals surface area contributed by atoms with Gasteiger partial charge >= 0.3 is 0 Å². The molecule has 2 heterocycles. The molecule has 3 aromatic rings. The van der Waals surface area contributed by atoms with Crippen molar-refractivity contribution in [3.8, 4) is 17.4 Å². The van der Waals surface area contributed by atoms with E-state index < -0.39 is 0 Å². The van der Waals surface area contributed by atoms with Crippen molar-refractivity contribution < 1.29 is 14.3 Å². The van der Waals surface area contributed by atoms with Gasteiger partial charge in [-0.25, -0.2) is 0 Å². The van der Waals surface area contributed by atoms with Gasteiger partial charge in [0.25, 0.3) is 5.91 Å². The SMILES string of the molecule is Cc1ccc(OC2CCN(C(=O)c3ccccc3Oc3ccccc3)C2)nn1.